The monoisotopic (exact) mass is 236 g/mol. The topological polar surface area (TPSA) is 6.48 Å². The zero-order valence-corrected chi connectivity index (χ0v) is 12.0. The van der Waals surface area contributed by atoms with Gasteiger partial charge in [0.1, 0.15) is 0 Å². The van der Waals surface area contributed by atoms with Crippen LogP contribution in [0.2, 0.25) is 0 Å². The molecule has 2 heterocycles. The summed E-state index contributed by atoms with van der Waals surface area (Å²) < 4.78 is 0. The molecule has 0 aromatic heterocycles. The number of nitrogens with zero attached hydrogens (tertiary/aromatic N) is 2. The van der Waals surface area contributed by atoms with Crippen molar-refractivity contribution in [2.75, 3.05) is 19.6 Å². The summed E-state index contributed by atoms with van der Waals surface area (Å²) in [4.78, 5) is 5.52. The SMILES string of the molecule is C[C@@H]1C[C@@]2(CN3CCCC3)C[C@H]2N1C(C)(C)C. The maximum absolute atomic E-state index is 2.79. The average Bonchev–Trinajstić information content (AvgIpc) is 2.61. The summed E-state index contributed by atoms with van der Waals surface area (Å²) in [7, 11) is 0. The molecule has 3 rings (SSSR count). The number of hydrogen-bond acceptors (Lipinski definition) is 2. The van der Waals surface area contributed by atoms with Crippen LogP contribution < -0.4 is 0 Å². The zero-order chi connectivity index (χ0) is 12.3. The summed E-state index contributed by atoms with van der Waals surface area (Å²) in [6.45, 7) is 13.7. The molecule has 2 heteroatoms. The Morgan fingerprint density at radius 3 is 2.29 bits per heavy atom. The van der Waals surface area contributed by atoms with Crippen molar-refractivity contribution < 1.29 is 0 Å². The molecule has 3 atom stereocenters. The van der Waals surface area contributed by atoms with Crippen LogP contribution in [0.1, 0.15) is 53.4 Å². The van der Waals surface area contributed by atoms with E-state index in [2.05, 4.69) is 37.5 Å². The van der Waals surface area contributed by atoms with Crippen molar-refractivity contribution in [2.24, 2.45) is 5.41 Å². The zero-order valence-electron chi connectivity index (χ0n) is 12.0. The van der Waals surface area contributed by atoms with Crippen LogP contribution in [0, 0.1) is 5.41 Å². The second-order valence-electron chi connectivity index (χ2n) is 7.70. The summed E-state index contributed by atoms with van der Waals surface area (Å²) in [5.41, 5.74) is 1.03. The summed E-state index contributed by atoms with van der Waals surface area (Å²) in [6.07, 6.45) is 5.76. The van der Waals surface area contributed by atoms with Gasteiger partial charge in [0.2, 0.25) is 0 Å². The van der Waals surface area contributed by atoms with Crippen LogP contribution in [-0.2, 0) is 0 Å². The molecule has 0 aromatic rings. The molecule has 0 bridgehead atoms. The maximum Gasteiger partial charge on any atom is 0.0179 e. The molecule has 3 fully saturated rings. The van der Waals surface area contributed by atoms with E-state index in [9.17, 15) is 0 Å². The highest BCUT2D eigenvalue weighted by Crippen LogP contribution is 2.61. The molecule has 0 spiro atoms. The molecule has 2 nitrogen and oxygen atoms in total. The molecule has 0 unspecified atom stereocenters. The standard InChI is InChI=1S/C15H28N2/c1-12-9-15(11-16-7-5-6-8-16)10-13(15)17(12)14(2,3)4/h12-13H,5-11H2,1-4H3/t12-,13-,15+/m1/s1. The van der Waals surface area contributed by atoms with E-state index in [0.29, 0.717) is 11.0 Å². The summed E-state index contributed by atoms with van der Waals surface area (Å²) in [5.74, 6) is 0. The number of piperidine rings is 1. The molecule has 2 saturated heterocycles. The van der Waals surface area contributed by atoms with Gasteiger partial charge in [-0.05, 0) is 66.5 Å². The lowest BCUT2D eigenvalue weighted by atomic mass is 9.99. The minimum Gasteiger partial charge on any atom is -0.303 e. The van der Waals surface area contributed by atoms with Gasteiger partial charge in [-0.1, -0.05) is 0 Å². The third kappa shape index (κ3) is 1.94. The summed E-state index contributed by atoms with van der Waals surface area (Å²) in [5, 5.41) is 0. The van der Waals surface area contributed by atoms with Crippen LogP contribution in [0.5, 0.6) is 0 Å². The minimum atomic E-state index is 0.355. The van der Waals surface area contributed by atoms with Gasteiger partial charge in [0.25, 0.3) is 0 Å². The Morgan fingerprint density at radius 1 is 1.12 bits per heavy atom. The highest BCUT2D eigenvalue weighted by atomic mass is 15.3. The number of hydrogen-bond donors (Lipinski definition) is 0. The molecule has 0 N–H and O–H groups in total. The Balaban J connectivity index is 1.68. The van der Waals surface area contributed by atoms with Gasteiger partial charge in [-0.3, -0.25) is 4.90 Å². The van der Waals surface area contributed by atoms with E-state index in [0.717, 1.165) is 12.1 Å². The van der Waals surface area contributed by atoms with Gasteiger partial charge >= 0.3 is 0 Å². The van der Waals surface area contributed by atoms with E-state index in [4.69, 9.17) is 0 Å². The fourth-order valence-corrected chi connectivity index (χ4v) is 4.68. The molecule has 3 aliphatic rings. The second kappa shape index (κ2) is 3.71. The van der Waals surface area contributed by atoms with E-state index in [1.54, 1.807) is 0 Å². The smallest absolute Gasteiger partial charge is 0.0179 e. The molecule has 1 aliphatic carbocycles. The Labute approximate surface area is 106 Å². The van der Waals surface area contributed by atoms with Crippen LogP contribution in [0.25, 0.3) is 0 Å². The first-order chi connectivity index (χ1) is 7.92. The van der Waals surface area contributed by atoms with E-state index in [1.807, 2.05) is 0 Å². The quantitative estimate of drug-likeness (QED) is 0.727. The average molecular weight is 236 g/mol. The lowest BCUT2D eigenvalue weighted by Gasteiger charge is -2.37. The molecule has 0 aromatic carbocycles. The first-order valence-electron chi connectivity index (χ1n) is 7.43. The third-order valence-corrected chi connectivity index (χ3v) is 5.17. The molecule has 0 radical (unpaired) electrons. The van der Waals surface area contributed by atoms with Gasteiger partial charge in [-0.2, -0.15) is 0 Å². The predicted molar refractivity (Wildman–Crippen MR) is 72.2 cm³/mol. The lowest BCUT2D eigenvalue weighted by molar-refractivity contribution is 0.104. The number of rotatable bonds is 2. The molecule has 2 aliphatic heterocycles. The van der Waals surface area contributed by atoms with Gasteiger partial charge in [0.05, 0.1) is 0 Å². The Bertz CT molecular complexity index is 301. The predicted octanol–water partition coefficient (Wildman–Crippen LogP) is 2.73. The maximum atomic E-state index is 2.79. The van der Waals surface area contributed by atoms with Gasteiger partial charge < -0.3 is 4.90 Å². The molecule has 17 heavy (non-hydrogen) atoms. The lowest BCUT2D eigenvalue weighted by Crippen LogP contribution is -2.45. The number of likely N-dealkylation sites (tertiary alicyclic amines) is 2. The Morgan fingerprint density at radius 2 is 1.76 bits per heavy atom. The Kier molecular flexibility index (Phi) is 2.61. The van der Waals surface area contributed by atoms with Crippen molar-refractivity contribution in [3.63, 3.8) is 0 Å². The van der Waals surface area contributed by atoms with Gasteiger partial charge in [0, 0.05) is 29.6 Å². The highest BCUT2D eigenvalue weighted by molar-refractivity contribution is 5.19. The minimum absolute atomic E-state index is 0.355. The highest BCUT2D eigenvalue weighted by Gasteiger charge is 2.65. The first kappa shape index (κ1) is 12.0. The van der Waals surface area contributed by atoms with Crippen molar-refractivity contribution in [3.8, 4) is 0 Å². The van der Waals surface area contributed by atoms with Crippen molar-refractivity contribution >= 4 is 0 Å². The normalized spacial score (nSPS) is 43.1. The second-order valence-corrected chi connectivity index (χ2v) is 7.70. The molecular formula is C15H28N2. The van der Waals surface area contributed by atoms with E-state index in [-0.39, 0.29) is 0 Å². The van der Waals surface area contributed by atoms with Crippen LogP contribution in [0.4, 0.5) is 0 Å². The van der Waals surface area contributed by atoms with Crippen LogP contribution in [-0.4, -0.2) is 47.1 Å². The van der Waals surface area contributed by atoms with Gasteiger partial charge in [0.15, 0.2) is 0 Å². The fourth-order valence-electron chi connectivity index (χ4n) is 4.68. The van der Waals surface area contributed by atoms with Gasteiger partial charge in [-0.25, -0.2) is 0 Å². The molecule has 0 amide bonds. The summed E-state index contributed by atoms with van der Waals surface area (Å²) in [6, 6.07) is 1.68. The van der Waals surface area contributed by atoms with Crippen molar-refractivity contribution in [3.05, 3.63) is 0 Å². The Hall–Kier alpha value is -0.0800. The largest absolute Gasteiger partial charge is 0.303 e. The first-order valence-corrected chi connectivity index (χ1v) is 7.43. The van der Waals surface area contributed by atoms with E-state index in [1.165, 1.54) is 45.3 Å². The van der Waals surface area contributed by atoms with Gasteiger partial charge in [-0.15, -0.1) is 0 Å². The van der Waals surface area contributed by atoms with E-state index >= 15 is 0 Å². The van der Waals surface area contributed by atoms with E-state index < -0.39 is 0 Å². The summed E-state index contributed by atoms with van der Waals surface area (Å²) >= 11 is 0. The fraction of sp³-hybridized carbons (Fsp3) is 1.00. The van der Waals surface area contributed by atoms with Crippen molar-refractivity contribution in [2.45, 2.75) is 71.0 Å². The molecule has 98 valence electrons. The van der Waals surface area contributed by atoms with Crippen LogP contribution >= 0.6 is 0 Å². The van der Waals surface area contributed by atoms with Crippen LogP contribution in [0.3, 0.4) is 0 Å². The van der Waals surface area contributed by atoms with Crippen molar-refractivity contribution in [1.82, 2.24) is 9.80 Å². The number of fused-ring (bicyclic) bond motifs is 1. The van der Waals surface area contributed by atoms with Crippen LogP contribution in [0.15, 0.2) is 0 Å². The third-order valence-electron chi connectivity index (χ3n) is 5.17. The molecular weight excluding hydrogens is 208 g/mol. The molecule has 1 saturated carbocycles. The van der Waals surface area contributed by atoms with Crippen molar-refractivity contribution in [1.29, 1.82) is 0 Å².